The van der Waals surface area contributed by atoms with Crippen LogP contribution in [0.4, 0.5) is 11.6 Å². The van der Waals surface area contributed by atoms with Crippen molar-refractivity contribution in [3.63, 3.8) is 0 Å². The number of anilines is 2. The number of benzene rings is 1. The van der Waals surface area contributed by atoms with Crippen LogP contribution in [0.25, 0.3) is 0 Å². The van der Waals surface area contributed by atoms with Crippen LogP contribution in [0.15, 0.2) is 64.4 Å². The molecule has 6 heterocycles. The van der Waals surface area contributed by atoms with Gasteiger partial charge in [0.05, 0.1) is 32.5 Å². The van der Waals surface area contributed by atoms with Gasteiger partial charge in [-0.05, 0) is 67.0 Å². The van der Waals surface area contributed by atoms with Gasteiger partial charge in [-0.25, -0.2) is 9.59 Å². The monoisotopic (exact) mass is 1040 g/mol. The first-order valence-electron chi connectivity index (χ1n) is 25.0. The van der Waals surface area contributed by atoms with Crippen molar-refractivity contribution in [2.75, 3.05) is 84.0 Å². The number of ether oxygens (including phenoxy) is 6. The van der Waals surface area contributed by atoms with Crippen molar-refractivity contribution >= 4 is 40.1 Å². The summed E-state index contributed by atoms with van der Waals surface area (Å²) in [4.78, 5) is 59.8. The van der Waals surface area contributed by atoms with Crippen LogP contribution in [0, 0.1) is 0 Å². The number of carbonyl (C=O) groups excluding carboxylic acids is 2. The van der Waals surface area contributed by atoms with Gasteiger partial charge < -0.3 is 53.2 Å². The van der Waals surface area contributed by atoms with Gasteiger partial charge in [-0.2, -0.15) is 9.97 Å². The highest BCUT2D eigenvalue weighted by atomic mass is 28.4. The van der Waals surface area contributed by atoms with Crippen LogP contribution >= 0.6 is 0 Å². The van der Waals surface area contributed by atoms with Crippen molar-refractivity contribution in [3.8, 4) is 0 Å². The number of amides is 2. The molecule has 0 radical (unpaired) electrons. The zero-order valence-electron chi connectivity index (χ0n) is 45.0. The first-order chi connectivity index (χ1) is 33.9. The van der Waals surface area contributed by atoms with Crippen molar-refractivity contribution in [2.45, 2.75) is 147 Å². The SMILES string of the molecule is C1COCCN1.CC[C@H]1O[C@@H](n2ccc(NC(C)=O)nc2=O)[C@@H](OC)C1O[Si](C)(C)C(C)(C)C.CO[C@H]1C(O[Si](C)(C)C(C)(C)C)[C@@H](CN2CCOCC2)O[C@H]1n1ccc(NC(=O)c2ccccc2)nc1=O. The van der Waals surface area contributed by atoms with Crippen LogP contribution in [0.5, 0.6) is 0 Å². The lowest BCUT2D eigenvalue weighted by Crippen LogP contribution is -2.52. The highest BCUT2D eigenvalue weighted by Gasteiger charge is 2.53. The minimum absolute atomic E-state index is 0.0100. The number of aromatic nitrogens is 4. The van der Waals surface area contributed by atoms with Gasteiger partial charge in [0.2, 0.25) is 5.91 Å². The molecular formula is C50H82N8O12Si2. The fourth-order valence-corrected chi connectivity index (χ4v) is 10.7. The molecule has 2 unspecified atom stereocenters. The molecule has 4 aliphatic rings. The lowest BCUT2D eigenvalue weighted by Gasteiger charge is -2.41. The maximum Gasteiger partial charge on any atom is 0.351 e. The summed E-state index contributed by atoms with van der Waals surface area (Å²) in [6.07, 6.45) is 0.446. The molecule has 0 spiro atoms. The maximum absolute atomic E-state index is 13.2. The van der Waals surface area contributed by atoms with Gasteiger partial charge in [0, 0.05) is 71.8 Å². The van der Waals surface area contributed by atoms with Gasteiger partial charge in [-0.15, -0.1) is 0 Å². The van der Waals surface area contributed by atoms with Gasteiger partial charge in [0.1, 0.15) is 42.2 Å². The minimum Gasteiger partial charge on any atom is -0.408 e. The number of hydrogen-bond donors (Lipinski definition) is 3. The summed E-state index contributed by atoms with van der Waals surface area (Å²) in [7, 11) is -1.04. The Kier molecular flexibility index (Phi) is 21.2. The normalized spacial score (nSPS) is 25.1. The van der Waals surface area contributed by atoms with Gasteiger partial charge in [-0.3, -0.25) is 23.6 Å². The lowest BCUT2D eigenvalue weighted by atomic mass is 10.1. The second-order valence-electron chi connectivity index (χ2n) is 21.4. The Labute approximate surface area is 427 Å². The Morgan fingerprint density at radius 1 is 0.694 bits per heavy atom. The van der Waals surface area contributed by atoms with E-state index in [2.05, 4.69) is 98.5 Å². The Balaban J connectivity index is 0.000000248. The molecule has 22 heteroatoms. The third-order valence-corrected chi connectivity index (χ3v) is 23.1. The van der Waals surface area contributed by atoms with Gasteiger partial charge in [-0.1, -0.05) is 66.7 Å². The molecule has 0 aliphatic carbocycles. The summed E-state index contributed by atoms with van der Waals surface area (Å²) in [5.74, 6) is -0.242. The summed E-state index contributed by atoms with van der Waals surface area (Å²) in [6, 6.07) is 11.9. The van der Waals surface area contributed by atoms with E-state index in [4.69, 9.17) is 37.3 Å². The Morgan fingerprint density at radius 2 is 1.15 bits per heavy atom. The van der Waals surface area contributed by atoms with Crippen LogP contribution in [0.2, 0.25) is 36.3 Å². The first-order valence-corrected chi connectivity index (χ1v) is 30.9. The van der Waals surface area contributed by atoms with Crippen LogP contribution in [0.1, 0.15) is 84.6 Å². The molecular weight excluding hydrogens is 961 g/mol. The summed E-state index contributed by atoms with van der Waals surface area (Å²) in [5.41, 5.74) is -0.573. The van der Waals surface area contributed by atoms with Crippen molar-refractivity contribution < 1.29 is 46.9 Å². The third kappa shape index (κ3) is 15.5. The maximum atomic E-state index is 13.2. The molecule has 3 N–H and O–H groups in total. The van der Waals surface area contributed by atoms with Crippen molar-refractivity contribution in [2.24, 2.45) is 0 Å². The molecule has 2 aromatic heterocycles. The summed E-state index contributed by atoms with van der Waals surface area (Å²) >= 11 is 0. The van der Waals surface area contributed by atoms with E-state index in [0.717, 1.165) is 45.8 Å². The van der Waals surface area contributed by atoms with E-state index < -0.39 is 52.7 Å². The van der Waals surface area contributed by atoms with E-state index in [1.807, 2.05) is 13.0 Å². The lowest BCUT2D eigenvalue weighted by molar-refractivity contribution is -0.114. The predicted octanol–water partition coefficient (Wildman–Crippen LogP) is 5.65. The molecule has 3 aromatic rings. The van der Waals surface area contributed by atoms with Crippen LogP contribution in [-0.2, 0) is 42.1 Å². The van der Waals surface area contributed by atoms with E-state index >= 15 is 0 Å². The molecule has 0 saturated carbocycles. The number of methoxy groups -OCH3 is 2. The highest BCUT2D eigenvalue weighted by molar-refractivity contribution is 6.74. The molecule has 72 heavy (non-hydrogen) atoms. The molecule has 1 aromatic carbocycles. The van der Waals surface area contributed by atoms with Crippen LogP contribution < -0.4 is 27.3 Å². The molecule has 0 bridgehead atoms. The molecule has 20 nitrogen and oxygen atoms in total. The van der Waals surface area contributed by atoms with E-state index in [1.54, 1.807) is 63.0 Å². The Bertz CT molecular complexity index is 2300. The minimum atomic E-state index is -2.19. The summed E-state index contributed by atoms with van der Waals surface area (Å²) in [6.45, 7) is 32.8. The molecule has 2 amide bonds. The number of nitrogens with one attached hydrogen (secondary N) is 3. The van der Waals surface area contributed by atoms with E-state index in [1.165, 1.54) is 16.1 Å². The van der Waals surface area contributed by atoms with E-state index in [-0.39, 0.29) is 57.9 Å². The highest BCUT2D eigenvalue weighted by Crippen LogP contribution is 2.44. The average molecular weight is 1040 g/mol. The number of morpholine rings is 2. The fraction of sp³-hybridized carbons (Fsp3) is 0.680. The average Bonchev–Trinajstić information content (AvgIpc) is 3.84. The summed E-state index contributed by atoms with van der Waals surface area (Å²) in [5, 5.41) is 8.39. The number of nitrogens with zero attached hydrogens (tertiary/aromatic N) is 5. The quantitative estimate of drug-likeness (QED) is 0.166. The topological polar surface area (TPSA) is 217 Å². The molecule has 7 rings (SSSR count). The predicted molar refractivity (Wildman–Crippen MR) is 280 cm³/mol. The second kappa shape index (κ2) is 25.9. The van der Waals surface area contributed by atoms with Crippen LogP contribution in [-0.4, -0.2) is 162 Å². The number of hydrogen-bond acceptors (Lipinski definition) is 16. The second-order valence-corrected chi connectivity index (χ2v) is 30.9. The molecule has 4 saturated heterocycles. The Hall–Kier alpha value is -4.05. The smallest absolute Gasteiger partial charge is 0.351 e. The molecule has 402 valence electrons. The fourth-order valence-electron chi connectivity index (χ4n) is 8.02. The largest absolute Gasteiger partial charge is 0.408 e. The number of carbonyl (C=O) groups is 2. The molecule has 4 fully saturated rings. The van der Waals surface area contributed by atoms with Crippen molar-refractivity contribution in [3.05, 3.63) is 81.4 Å². The first kappa shape index (κ1) is 58.8. The standard InChI is InChI=1S/C27H40N4O6Si.C19H33N3O5Si.C4H9NO/c1-27(2,3)38(5,6)37-22-20(18-30-14-16-35-17-15-30)36-25(23(22)34-4)31-13-12-21(29-26(31)33)28-24(32)19-10-8-7-9-11-19;1-9-13-15(27-28(7,8)19(3,4)5)16(25-6)17(26-13)22-11-10-14(20-12(2)23)21-18(22)24;1-3-6-4-2-5-1/h7-13,20,22-23,25H,14-18H2,1-6H3,(H,28,29,32,33);10-11,13,15-17H,9H2,1-8H3,(H,20,21,23,24);5H,1-4H2/t20-,22?,23+,25-;13-,15?,16+,17-;/m11./s1. The van der Waals surface area contributed by atoms with Crippen LogP contribution in [0.3, 0.4) is 0 Å². The zero-order valence-corrected chi connectivity index (χ0v) is 47.0. The molecule has 8 atom stereocenters. The Morgan fingerprint density at radius 3 is 1.56 bits per heavy atom. The van der Waals surface area contributed by atoms with Gasteiger partial charge in [0.25, 0.3) is 5.91 Å². The van der Waals surface area contributed by atoms with Crippen molar-refractivity contribution in [1.82, 2.24) is 29.3 Å². The third-order valence-electron chi connectivity index (χ3n) is 14.2. The molecule has 4 aliphatic heterocycles. The van der Waals surface area contributed by atoms with Crippen molar-refractivity contribution in [1.29, 1.82) is 0 Å². The van der Waals surface area contributed by atoms with E-state index in [9.17, 15) is 19.2 Å². The van der Waals surface area contributed by atoms with Gasteiger partial charge in [0.15, 0.2) is 29.1 Å². The van der Waals surface area contributed by atoms with E-state index in [0.29, 0.717) is 25.3 Å². The number of rotatable bonds is 14. The van der Waals surface area contributed by atoms with Gasteiger partial charge >= 0.3 is 11.4 Å². The summed E-state index contributed by atoms with van der Waals surface area (Å²) < 4.78 is 51.3. The zero-order chi connectivity index (χ0) is 53.0.